The Morgan fingerprint density at radius 1 is 0.732 bits per heavy atom. The summed E-state index contributed by atoms with van der Waals surface area (Å²) in [7, 11) is -9.03. The summed E-state index contributed by atoms with van der Waals surface area (Å²) in [4.78, 5) is 25.5. The summed E-state index contributed by atoms with van der Waals surface area (Å²) >= 11 is 0. The maximum atomic E-state index is 12.2. The fourth-order valence-corrected chi connectivity index (χ4v) is 10.2. The van der Waals surface area contributed by atoms with Gasteiger partial charge < -0.3 is 15.1 Å². The zero-order chi connectivity index (χ0) is 40.5. The van der Waals surface area contributed by atoms with E-state index in [-0.39, 0.29) is 22.9 Å². The van der Waals surface area contributed by atoms with Crippen molar-refractivity contribution in [2.24, 2.45) is 0 Å². The molecule has 0 saturated carbocycles. The Kier molecular flexibility index (Phi) is 9.47. The van der Waals surface area contributed by atoms with Crippen molar-refractivity contribution in [2.75, 3.05) is 18.0 Å². The van der Waals surface area contributed by atoms with Gasteiger partial charge in [0, 0.05) is 45.3 Å². The first kappa shape index (κ1) is 38.8. The molecule has 0 saturated heterocycles. The number of rotatable bonds is 9. The molecule has 290 valence electrons. The minimum atomic E-state index is -4.52. The SMILES string of the molecule is CC1(C)C(/C=C/C2=CC(=C/C=C3/N(CC(=O)O)c4ccc5c(S(=O)(=O)O)cccc5c4C3(C)C)CCC2)=[N+](CC(=O)O)c2ccc3c(S(=O)(=O)O)cccc3c21. The second-order valence-corrected chi connectivity index (χ2v) is 18.1. The molecule has 0 atom stereocenters. The van der Waals surface area contributed by atoms with E-state index in [0.29, 0.717) is 44.3 Å². The molecule has 56 heavy (non-hydrogen) atoms. The summed E-state index contributed by atoms with van der Waals surface area (Å²) in [5, 5.41) is 21.7. The van der Waals surface area contributed by atoms with E-state index in [0.717, 1.165) is 41.5 Å². The molecule has 4 N–H and O–H groups in total. The van der Waals surface area contributed by atoms with Crippen LogP contribution in [0.2, 0.25) is 0 Å². The van der Waals surface area contributed by atoms with Crippen molar-refractivity contribution in [3.8, 4) is 0 Å². The van der Waals surface area contributed by atoms with Crippen molar-refractivity contribution in [3.05, 3.63) is 119 Å². The topological polar surface area (TPSA) is 190 Å². The van der Waals surface area contributed by atoms with Crippen LogP contribution < -0.4 is 4.90 Å². The molecule has 0 radical (unpaired) electrons. The van der Waals surface area contributed by atoms with Crippen LogP contribution in [-0.4, -0.2) is 71.5 Å². The van der Waals surface area contributed by atoms with Gasteiger partial charge in [-0.3, -0.25) is 13.9 Å². The number of allylic oxidation sites excluding steroid dienone is 8. The van der Waals surface area contributed by atoms with Gasteiger partial charge in [-0.1, -0.05) is 62.4 Å². The number of aliphatic carboxylic acids is 2. The summed E-state index contributed by atoms with van der Waals surface area (Å²) < 4.78 is 70.5. The number of carboxylic acids is 2. The van der Waals surface area contributed by atoms with E-state index < -0.39 is 43.0 Å². The second-order valence-electron chi connectivity index (χ2n) is 15.4. The minimum absolute atomic E-state index is 0.223. The van der Waals surface area contributed by atoms with Crippen molar-refractivity contribution >= 4 is 70.8 Å². The lowest BCUT2D eigenvalue weighted by Gasteiger charge is -2.26. The first-order valence-corrected chi connectivity index (χ1v) is 20.8. The fourth-order valence-electron chi connectivity index (χ4n) is 8.76. The molecule has 7 rings (SSSR count). The van der Waals surface area contributed by atoms with Crippen molar-refractivity contribution in [1.82, 2.24) is 0 Å². The Bertz CT molecular complexity index is 2790. The summed E-state index contributed by atoms with van der Waals surface area (Å²) in [6, 6.07) is 15.9. The second kappa shape index (κ2) is 13.7. The largest absolute Gasteiger partial charge is 0.480 e. The summed E-state index contributed by atoms with van der Waals surface area (Å²) in [6.45, 7) is 7.17. The number of hydrogen-bond acceptors (Lipinski definition) is 7. The molecule has 0 bridgehead atoms. The molecule has 12 nitrogen and oxygen atoms in total. The Labute approximate surface area is 324 Å². The molecular formula is C42H41N2O10S2+. The Morgan fingerprint density at radius 3 is 1.93 bits per heavy atom. The normalized spacial score (nSPS) is 19.3. The zero-order valence-corrected chi connectivity index (χ0v) is 32.8. The minimum Gasteiger partial charge on any atom is -0.480 e. The Hall–Kier alpha value is -5.41. The van der Waals surface area contributed by atoms with Gasteiger partial charge in [0.2, 0.25) is 12.2 Å². The molecule has 0 aromatic heterocycles. The van der Waals surface area contributed by atoms with Gasteiger partial charge in [0.15, 0.2) is 5.71 Å². The maximum Gasteiger partial charge on any atom is 0.370 e. The molecule has 4 aromatic rings. The van der Waals surface area contributed by atoms with Gasteiger partial charge >= 0.3 is 11.9 Å². The van der Waals surface area contributed by atoms with Crippen LogP contribution in [0.1, 0.15) is 58.1 Å². The third-order valence-corrected chi connectivity index (χ3v) is 12.9. The number of nitrogens with zero attached hydrogens (tertiary/aromatic N) is 2. The van der Waals surface area contributed by atoms with E-state index in [1.165, 1.54) is 12.1 Å². The quantitative estimate of drug-likeness (QED) is 0.0982. The zero-order valence-electron chi connectivity index (χ0n) is 31.1. The van der Waals surface area contributed by atoms with Crippen LogP contribution >= 0.6 is 0 Å². The molecule has 4 aromatic carbocycles. The summed E-state index contributed by atoms with van der Waals surface area (Å²) in [5.74, 6) is -2.08. The van der Waals surface area contributed by atoms with E-state index in [1.807, 2.05) is 52.0 Å². The maximum absolute atomic E-state index is 12.2. The van der Waals surface area contributed by atoms with Gasteiger partial charge in [-0.2, -0.15) is 21.4 Å². The lowest BCUT2D eigenvalue weighted by atomic mass is 9.78. The molecule has 2 aliphatic heterocycles. The molecule has 0 spiro atoms. The molecule has 0 fully saturated rings. The van der Waals surface area contributed by atoms with Crippen molar-refractivity contribution in [1.29, 1.82) is 0 Å². The van der Waals surface area contributed by atoms with Gasteiger partial charge in [0.25, 0.3) is 20.2 Å². The Morgan fingerprint density at radius 2 is 1.34 bits per heavy atom. The molecule has 0 amide bonds. The molecule has 14 heteroatoms. The van der Waals surface area contributed by atoms with Crippen LogP contribution in [0, 0.1) is 0 Å². The van der Waals surface area contributed by atoms with E-state index in [4.69, 9.17) is 0 Å². The Balaban J connectivity index is 1.27. The molecule has 3 aliphatic rings. The van der Waals surface area contributed by atoms with E-state index in [1.54, 1.807) is 58.0 Å². The van der Waals surface area contributed by atoms with Crippen LogP contribution in [0.4, 0.5) is 11.4 Å². The van der Waals surface area contributed by atoms with Gasteiger partial charge in [-0.25, -0.2) is 4.79 Å². The predicted molar refractivity (Wildman–Crippen MR) is 213 cm³/mol. The number of carbonyl (C=O) groups is 2. The van der Waals surface area contributed by atoms with Crippen molar-refractivity contribution in [2.45, 2.75) is 67.6 Å². The highest BCUT2D eigenvalue weighted by Crippen LogP contribution is 2.51. The number of hydrogen-bond donors (Lipinski definition) is 4. The molecule has 1 aliphatic carbocycles. The molecule has 0 unspecified atom stereocenters. The van der Waals surface area contributed by atoms with Gasteiger partial charge in [-0.05, 0) is 90.9 Å². The predicted octanol–water partition coefficient (Wildman–Crippen LogP) is 7.31. The van der Waals surface area contributed by atoms with Crippen LogP contribution in [0.15, 0.2) is 118 Å². The van der Waals surface area contributed by atoms with E-state index in [9.17, 15) is 45.7 Å². The summed E-state index contributed by atoms with van der Waals surface area (Å²) in [6.07, 6.45) is 12.2. The van der Waals surface area contributed by atoms with Crippen LogP contribution in [-0.2, 0) is 40.7 Å². The molecular weight excluding hydrogens is 757 g/mol. The van der Waals surface area contributed by atoms with Crippen molar-refractivity contribution in [3.63, 3.8) is 0 Å². The highest BCUT2D eigenvalue weighted by Gasteiger charge is 2.47. The summed E-state index contributed by atoms with van der Waals surface area (Å²) in [5.41, 5.74) is 4.67. The smallest absolute Gasteiger partial charge is 0.370 e. The third kappa shape index (κ3) is 6.66. The lowest BCUT2D eigenvalue weighted by molar-refractivity contribution is -0.427. The number of carboxylic acid groups (broad SMARTS) is 2. The third-order valence-electron chi connectivity index (χ3n) is 11.0. The van der Waals surface area contributed by atoms with Gasteiger partial charge in [0.05, 0.1) is 5.41 Å². The number of fused-ring (bicyclic) bond motifs is 6. The molecule has 2 heterocycles. The van der Waals surface area contributed by atoms with Crippen LogP contribution in [0.5, 0.6) is 0 Å². The highest BCUT2D eigenvalue weighted by molar-refractivity contribution is 7.86. The van der Waals surface area contributed by atoms with Gasteiger partial charge in [-0.15, -0.1) is 0 Å². The first-order valence-electron chi connectivity index (χ1n) is 17.9. The standard InChI is InChI=1S/C42H40N2O10S2/c1-41(2)35(43(23-37(45)46)31-18-16-27-29(39(31)41)10-6-12-33(27)55(49,50)51)20-14-25-8-5-9-26(22-25)15-21-36-42(3,4)40-30-11-7-13-34(56(52,53)54)28(30)17-19-32(40)44(36)24-38(47)48/h6-7,10-22H,5,8-9,23-24H2,1-4H3,(H3-,45,46,47,48,49,50,51,52,53,54)/p+1. The van der Waals surface area contributed by atoms with Crippen molar-refractivity contribution < 1.29 is 50.3 Å². The van der Waals surface area contributed by atoms with Crippen LogP contribution in [0.25, 0.3) is 21.5 Å². The first-order chi connectivity index (χ1) is 26.2. The van der Waals surface area contributed by atoms with Gasteiger partial charge in [0.1, 0.15) is 16.3 Å². The van der Waals surface area contributed by atoms with E-state index >= 15 is 0 Å². The lowest BCUT2D eigenvalue weighted by Crippen LogP contribution is -2.30. The monoisotopic (exact) mass is 797 g/mol. The number of anilines is 1. The average molecular weight is 798 g/mol. The average Bonchev–Trinajstić information content (AvgIpc) is 3.45. The number of benzene rings is 4. The fraction of sp³-hybridized carbons (Fsp3) is 0.262. The van der Waals surface area contributed by atoms with E-state index in [2.05, 4.69) is 6.08 Å². The van der Waals surface area contributed by atoms with Crippen LogP contribution in [0.3, 0.4) is 0 Å². The highest BCUT2D eigenvalue weighted by atomic mass is 32.2.